The van der Waals surface area contributed by atoms with Crippen molar-refractivity contribution in [3.63, 3.8) is 0 Å². The molecule has 1 aromatic rings. The molecule has 0 aliphatic carbocycles. The van der Waals surface area contributed by atoms with E-state index in [1.165, 1.54) is 0 Å². The molecular formula is C12H15NO3. The molecule has 0 bridgehead atoms. The SMILES string of the molecule is O=CNC(CCC(=O)O)Cc1ccccc1. The van der Waals surface area contributed by atoms with Gasteiger partial charge in [-0.15, -0.1) is 0 Å². The first kappa shape index (κ1) is 12.2. The molecule has 2 N–H and O–H groups in total. The van der Waals surface area contributed by atoms with E-state index in [9.17, 15) is 9.59 Å². The van der Waals surface area contributed by atoms with Gasteiger partial charge in [-0.3, -0.25) is 9.59 Å². The summed E-state index contributed by atoms with van der Waals surface area (Å²) in [6.07, 6.45) is 1.80. The number of rotatable bonds is 7. The number of carbonyl (C=O) groups is 2. The van der Waals surface area contributed by atoms with Gasteiger partial charge >= 0.3 is 5.97 Å². The third-order valence-electron chi connectivity index (χ3n) is 2.34. The molecule has 1 atom stereocenters. The van der Waals surface area contributed by atoms with E-state index in [1.54, 1.807) is 0 Å². The normalized spacial score (nSPS) is 11.8. The number of amides is 1. The lowest BCUT2D eigenvalue weighted by Crippen LogP contribution is -2.30. The van der Waals surface area contributed by atoms with Crippen LogP contribution in [0.3, 0.4) is 0 Å². The van der Waals surface area contributed by atoms with E-state index in [1.807, 2.05) is 30.3 Å². The van der Waals surface area contributed by atoms with Crippen molar-refractivity contribution >= 4 is 12.4 Å². The molecule has 4 nitrogen and oxygen atoms in total. The second-order valence-corrected chi connectivity index (χ2v) is 3.60. The summed E-state index contributed by atoms with van der Waals surface area (Å²) in [5, 5.41) is 11.2. The molecule has 0 fully saturated rings. The van der Waals surface area contributed by atoms with Gasteiger partial charge in [0.1, 0.15) is 0 Å². The molecule has 0 aliphatic rings. The van der Waals surface area contributed by atoms with E-state index in [0.29, 0.717) is 19.3 Å². The predicted octanol–water partition coefficient (Wildman–Crippen LogP) is 1.21. The molecule has 16 heavy (non-hydrogen) atoms. The van der Waals surface area contributed by atoms with Gasteiger partial charge in [0.15, 0.2) is 0 Å². The van der Waals surface area contributed by atoms with E-state index in [4.69, 9.17) is 5.11 Å². The molecule has 1 rings (SSSR count). The van der Waals surface area contributed by atoms with E-state index < -0.39 is 5.97 Å². The molecule has 0 radical (unpaired) electrons. The van der Waals surface area contributed by atoms with E-state index >= 15 is 0 Å². The quantitative estimate of drug-likeness (QED) is 0.680. The zero-order chi connectivity index (χ0) is 11.8. The largest absolute Gasteiger partial charge is 0.481 e. The number of carbonyl (C=O) groups excluding carboxylic acids is 1. The smallest absolute Gasteiger partial charge is 0.303 e. The molecular weight excluding hydrogens is 206 g/mol. The van der Waals surface area contributed by atoms with Crippen LogP contribution < -0.4 is 5.32 Å². The number of aliphatic carboxylic acids is 1. The van der Waals surface area contributed by atoms with Crippen molar-refractivity contribution in [2.24, 2.45) is 0 Å². The lowest BCUT2D eigenvalue weighted by molar-refractivity contribution is -0.137. The Hall–Kier alpha value is -1.84. The van der Waals surface area contributed by atoms with E-state index in [0.717, 1.165) is 5.56 Å². The first-order valence-electron chi connectivity index (χ1n) is 5.18. The Morgan fingerprint density at radius 3 is 2.62 bits per heavy atom. The van der Waals surface area contributed by atoms with Crippen molar-refractivity contribution < 1.29 is 14.7 Å². The molecule has 0 saturated carbocycles. The summed E-state index contributed by atoms with van der Waals surface area (Å²) in [6, 6.07) is 9.56. The fourth-order valence-electron chi connectivity index (χ4n) is 1.54. The van der Waals surface area contributed by atoms with Crippen molar-refractivity contribution in [3.8, 4) is 0 Å². The number of carboxylic acids is 1. The van der Waals surface area contributed by atoms with Crippen molar-refractivity contribution in [1.29, 1.82) is 0 Å². The van der Waals surface area contributed by atoms with Crippen LogP contribution in [0.15, 0.2) is 30.3 Å². The molecule has 0 aliphatic heterocycles. The second-order valence-electron chi connectivity index (χ2n) is 3.60. The second kappa shape index (κ2) is 6.61. The summed E-state index contributed by atoms with van der Waals surface area (Å²) in [6.45, 7) is 0. The molecule has 0 aromatic heterocycles. The standard InChI is InChI=1S/C12H15NO3/c14-9-13-11(6-7-12(15)16)8-10-4-2-1-3-5-10/h1-5,9,11H,6-8H2,(H,13,14)(H,15,16). The monoisotopic (exact) mass is 221 g/mol. The maximum Gasteiger partial charge on any atom is 0.303 e. The minimum Gasteiger partial charge on any atom is -0.481 e. The summed E-state index contributed by atoms with van der Waals surface area (Å²) in [4.78, 5) is 20.8. The Morgan fingerprint density at radius 2 is 2.06 bits per heavy atom. The van der Waals surface area contributed by atoms with Crippen LogP contribution in [-0.2, 0) is 16.0 Å². The first-order chi connectivity index (χ1) is 7.72. The van der Waals surface area contributed by atoms with Gasteiger partial charge in [0, 0.05) is 12.5 Å². The summed E-state index contributed by atoms with van der Waals surface area (Å²) in [5.74, 6) is -0.842. The van der Waals surface area contributed by atoms with Gasteiger partial charge in [-0.1, -0.05) is 30.3 Å². The van der Waals surface area contributed by atoms with Crippen LogP contribution in [0, 0.1) is 0 Å². The van der Waals surface area contributed by atoms with Gasteiger partial charge in [-0.05, 0) is 18.4 Å². The fraction of sp³-hybridized carbons (Fsp3) is 0.333. The lowest BCUT2D eigenvalue weighted by atomic mass is 10.0. The number of hydrogen-bond acceptors (Lipinski definition) is 2. The Kier molecular flexibility index (Phi) is 5.05. The van der Waals surface area contributed by atoms with Crippen LogP contribution >= 0.6 is 0 Å². The minimum atomic E-state index is -0.842. The molecule has 1 amide bonds. The third kappa shape index (κ3) is 4.59. The predicted molar refractivity (Wildman–Crippen MR) is 60.0 cm³/mol. The number of nitrogens with one attached hydrogen (secondary N) is 1. The van der Waals surface area contributed by atoms with Gasteiger partial charge in [-0.25, -0.2) is 0 Å². The van der Waals surface area contributed by atoms with Crippen LogP contribution in [0.2, 0.25) is 0 Å². The Labute approximate surface area is 94.3 Å². The summed E-state index contributed by atoms with van der Waals surface area (Å²) in [5.41, 5.74) is 1.09. The summed E-state index contributed by atoms with van der Waals surface area (Å²) >= 11 is 0. The van der Waals surface area contributed by atoms with Crippen LogP contribution in [-0.4, -0.2) is 23.5 Å². The van der Waals surface area contributed by atoms with Crippen molar-refractivity contribution in [1.82, 2.24) is 5.32 Å². The average molecular weight is 221 g/mol. The zero-order valence-corrected chi connectivity index (χ0v) is 8.93. The zero-order valence-electron chi connectivity index (χ0n) is 8.93. The van der Waals surface area contributed by atoms with Gasteiger partial charge < -0.3 is 10.4 Å². The Morgan fingerprint density at radius 1 is 1.38 bits per heavy atom. The Bertz CT molecular complexity index is 337. The number of carboxylic acid groups (broad SMARTS) is 1. The Balaban J connectivity index is 2.50. The number of benzene rings is 1. The molecule has 1 aromatic carbocycles. The highest BCUT2D eigenvalue weighted by Gasteiger charge is 2.10. The van der Waals surface area contributed by atoms with Gasteiger partial charge in [0.25, 0.3) is 0 Å². The highest BCUT2D eigenvalue weighted by Crippen LogP contribution is 2.07. The van der Waals surface area contributed by atoms with E-state index in [-0.39, 0.29) is 12.5 Å². The van der Waals surface area contributed by atoms with Crippen LogP contribution in [0.5, 0.6) is 0 Å². The minimum absolute atomic E-state index is 0.0678. The average Bonchev–Trinajstić information content (AvgIpc) is 2.27. The van der Waals surface area contributed by atoms with Gasteiger partial charge in [0.2, 0.25) is 6.41 Å². The highest BCUT2D eigenvalue weighted by molar-refractivity contribution is 5.66. The van der Waals surface area contributed by atoms with Crippen molar-refractivity contribution in [2.45, 2.75) is 25.3 Å². The maximum absolute atomic E-state index is 10.4. The molecule has 0 heterocycles. The molecule has 0 spiro atoms. The highest BCUT2D eigenvalue weighted by atomic mass is 16.4. The van der Waals surface area contributed by atoms with Crippen molar-refractivity contribution in [2.75, 3.05) is 0 Å². The third-order valence-corrected chi connectivity index (χ3v) is 2.34. The molecule has 0 saturated heterocycles. The molecule has 1 unspecified atom stereocenters. The lowest BCUT2D eigenvalue weighted by Gasteiger charge is -2.14. The van der Waals surface area contributed by atoms with E-state index in [2.05, 4.69) is 5.32 Å². The fourth-order valence-corrected chi connectivity index (χ4v) is 1.54. The molecule has 4 heteroatoms. The number of hydrogen-bond donors (Lipinski definition) is 2. The van der Waals surface area contributed by atoms with Crippen LogP contribution in [0.25, 0.3) is 0 Å². The van der Waals surface area contributed by atoms with Crippen molar-refractivity contribution in [3.05, 3.63) is 35.9 Å². The summed E-state index contributed by atoms with van der Waals surface area (Å²) < 4.78 is 0. The van der Waals surface area contributed by atoms with Gasteiger partial charge in [-0.2, -0.15) is 0 Å². The van der Waals surface area contributed by atoms with Crippen LogP contribution in [0.4, 0.5) is 0 Å². The molecule has 86 valence electrons. The van der Waals surface area contributed by atoms with Gasteiger partial charge in [0.05, 0.1) is 0 Å². The van der Waals surface area contributed by atoms with Crippen LogP contribution in [0.1, 0.15) is 18.4 Å². The first-order valence-corrected chi connectivity index (χ1v) is 5.18. The topological polar surface area (TPSA) is 66.4 Å². The summed E-state index contributed by atoms with van der Waals surface area (Å²) in [7, 11) is 0. The maximum atomic E-state index is 10.4.